The summed E-state index contributed by atoms with van der Waals surface area (Å²) < 4.78 is 12.1. The van der Waals surface area contributed by atoms with Crippen molar-refractivity contribution in [2.45, 2.75) is 52.1 Å². The van der Waals surface area contributed by atoms with E-state index in [-0.39, 0.29) is 12.3 Å². The van der Waals surface area contributed by atoms with Gasteiger partial charge in [-0.05, 0) is 54.3 Å². The van der Waals surface area contributed by atoms with Crippen molar-refractivity contribution in [2.24, 2.45) is 5.10 Å². The third-order valence-corrected chi connectivity index (χ3v) is 6.62. The van der Waals surface area contributed by atoms with E-state index in [2.05, 4.69) is 61.4 Å². The molecule has 1 aliphatic rings. The van der Waals surface area contributed by atoms with Crippen LogP contribution < -0.4 is 9.47 Å². The van der Waals surface area contributed by atoms with Gasteiger partial charge >= 0.3 is 5.97 Å². The molecule has 6 nitrogen and oxygen atoms in total. The Morgan fingerprint density at radius 2 is 1.81 bits per heavy atom. The molecule has 4 rings (SSSR count). The lowest BCUT2D eigenvalue weighted by Gasteiger charge is -2.16. The van der Waals surface area contributed by atoms with Crippen LogP contribution in [0.15, 0.2) is 71.8 Å². The summed E-state index contributed by atoms with van der Waals surface area (Å²) in [6.07, 6.45) is 2.97. The molecule has 194 valence electrons. The summed E-state index contributed by atoms with van der Waals surface area (Å²) in [7, 11) is 1.91. The number of hydrazone groups is 1. The van der Waals surface area contributed by atoms with Gasteiger partial charge < -0.3 is 14.6 Å². The average molecular weight is 501 g/mol. The molecule has 1 heterocycles. The molecular weight excluding hydrogens is 464 g/mol. The number of carboxylic acid groups (broad SMARTS) is 1. The van der Waals surface area contributed by atoms with Gasteiger partial charge in [0.2, 0.25) is 0 Å². The van der Waals surface area contributed by atoms with Crippen molar-refractivity contribution in [2.75, 3.05) is 20.2 Å². The van der Waals surface area contributed by atoms with E-state index in [9.17, 15) is 9.90 Å². The minimum Gasteiger partial charge on any atom is -0.493 e. The quantitative estimate of drug-likeness (QED) is 0.281. The fourth-order valence-corrected chi connectivity index (χ4v) is 4.51. The van der Waals surface area contributed by atoms with Gasteiger partial charge in [-0.3, -0.25) is 9.80 Å². The Kier molecular flexibility index (Phi) is 8.83. The van der Waals surface area contributed by atoms with Crippen LogP contribution in [0.5, 0.6) is 11.5 Å². The van der Waals surface area contributed by atoms with Crippen molar-refractivity contribution >= 4 is 11.7 Å². The highest BCUT2D eigenvalue weighted by atomic mass is 16.5. The Balaban J connectivity index is 1.40. The van der Waals surface area contributed by atoms with E-state index < -0.39 is 5.97 Å². The van der Waals surface area contributed by atoms with Crippen molar-refractivity contribution in [3.8, 4) is 22.6 Å². The maximum absolute atomic E-state index is 11.5. The lowest BCUT2D eigenvalue weighted by Crippen LogP contribution is -2.15. The summed E-state index contributed by atoms with van der Waals surface area (Å²) in [5.74, 6) is 0.620. The number of nitrogens with zero attached hydrogens (tertiary/aromatic N) is 2. The van der Waals surface area contributed by atoms with Crippen molar-refractivity contribution in [3.05, 3.63) is 83.4 Å². The van der Waals surface area contributed by atoms with Crippen molar-refractivity contribution in [1.29, 1.82) is 0 Å². The van der Waals surface area contributed by atoms with Crippen LogP contribution in [-0.2, 0) is 11.4 Å². The second-order valence-electron chi connectivity index (χ2n) is 9.63. The number of aryl methyl sites for hydroxylation is 1. The first-order valence-corrected chi connectivity index (χ1v) is 13.0. The largest absolute Gasteiger partial charge is 0.493 e. The Labute approximate surface area is 219 Å². The number of carbonyl (C=O) groups is 1. The van der Waals surface area contributed by atoms with E-state index in [0.717, 1.165) is 71.9 Å². The van der Waals surface area contributed by atoms with Crippen LogP contribution in [0.2, 0.25) is 0 Å². The van der Waals surface area contributed by atoms with Crippen LogP contribution in [0.3, 0.4) is 0 Å². The molecule has 0 spiro atoms. The van der Waals surface area contributed by atoms with Gasteiger partial charge in [-0.15, -0.1) is 0 Å². The average Bonchev–Trinajstić information content (AvgIpc) is 3.33. The predicted molar refractivity (Wildman–Crippen MR) is 147 cm³/mol. The topological polar surface area (TPSA) is 71.4 Å². The molecule has 3 aromatic carbocycles. The Morgan fingerprint density at radius 1 is 1.05 bits per heavy atom. The van der Waals surface area contributed by atoms with Crippen LogP contribution in [0.25, 0.3) is 11.1 Å². The van der Waals surface area contributed by atoms with Gasteiger partial charge in [-0.2, -0.15) is 5.10 Å². The molecule has 0 fully saturated rings. The molecule has 0 saturated carbocycles. The fraction of sp³-hybridized carbons (Fsp3) is 0.355. The zero-order valence-corrected chi connectivity index (χ0v) is 21.9. The van der Waals surface area contributed by atoms with Gasteiger partial charge in [0.1, 0.15) is 18.1 Å². The minimum atomic E-state index is -0.823. The van der Waals surface area contributed by atoms with Crippen LogP contribution in [0, 0.1) is 6.92 Å². The third kappa shape index (κ3) is 7.13. The molecule has 0 aliphatic carbocycles. The molecule has 0 radical (unpaired) electrons. The number of unbranched alkanes of at least 4 members (excludes halogenated alkanes) is 1. The second kappa shape index (κ2) is 12.4. The van der Waals surface area contributed by atoms with Gasteiger partial charge in [0.05, 0.1) is 13.0 Å². The van der Waals surface area contributed by atoms with Gasteiger partial charge in [0.15, 0.2) is 0 Å². The number of carboxylic acids is 1. The third-order valence-electron chi connectivity index (χ3n) is 6.62. The summed E-state index contributed by atoms with van der Waals surface area (Å²) in [6.45, 7) is 6.25. The van der Waals surface area contributed by atoms with Gasteiger partial charge in [0.25, 0.3) is 0 Å². The summed E-state index contributed by atoms with van der Waals surface area (Å²) in [5, 5.41) is 15.8. The molecule has 1 atom stereocenters. The number of hydrogen-bond donors (Lipinski definition) is 1. The zero-order chi connectivity index (χ0) is 26.2. The SMILES string of the molecule is CCCCOc1ccc(C)cc1-c1ccc(COc2ccc(C(CC(=O)O)C3=NN(C)CC3)cc2)cc1. The molecule has 0 bridgehead atoms. The summed E-state index contributed by atoms with van der Waals surface area (Å²) in [6, 6.07) is 22.4. The molecule has 0 aromatic heterocycles. The molecule has 6 heteroatoms. The number of benzene rings is 3. The smallest absolute Gasteiger partial charge is 0.304 e. The molecular formula is C31H36N2O4. The van der Waals surface area contributed by atoms with E-state index in [1.165, 1.54) is 5.56 Å². The molecule has 1 aliphatic heterocycles. The van der Waals surface area contributed by atoms with E-state index in [1.54, 1.807) is 0 Å². The van der Waals surface area contributed by atoms with Crippen LogP contribution >= 0.6 is 0 Å². The number of aliphatic carboxylic acids is 1. The minimum absolute atomic E-state index is 0.0333. The van der Waals surface area contributed by atoms with E-state index >= 15 is 0 Å². The second-order valence-corrected chi connectivity index (χ2v) is 9.63. The van der Waals surface area contributed by atoms with Crippen LogP contribution in [0.4, 0.5) is 0 Å². The van der Waals surface area contributed by atoms with Crippen molar-refractivity contribution in [3.63, 3.8) is 0 Å². The van der Waals surface area contributed by atoms with E-state index in [0.29, 0.717) is 6.61 Å². The zero-order valence-electron chi connectivity index (χ0n) is 21.9. The van der Waals surface area contributed by atoms with E-state index in [4.69, 9.17) is 9.47 Å². The number of rotatable bonds is 12. The van der Waals surface area contributed by atoms with Gasteiger partial charge in [-0.25, -0.2) is 0 Å². The van der Waals surface area contributed by atoms with Crippen molar-refractivity contribution in [1.82, 2.24) is 5.01 Å². The summed E-state index contributed by atoms with van der Waals surface area (Å²) in [4.78, 5) is 11.5. The molecule has 1 N–H and O–H groups in total. The van der Waals surface area contributed by atoms with Gasteiger partial charge in [0, 0.05) is 37.2 Å². The highest BCUT2D eigenvalue weighted by Crippen LogP contribution is 2.32. The fourth-order valence-electron chi connectivity index (χ4n) is 4.51. The Hall–Kier alpha value is -3.80. The molecule has 37 heavy (non-hydrogen) atoms. The monoisotopic (exact) mass is 500 g/mol. The normalized spacial score (nSPS) is 13.8. The number of hydrogen-bond acceptors (Lipinski definition) is 5. The lowest BCUT2D eigenvalue weighted by molar-refractivity contribution is -0.137. The van der Waals surface area contributed by atoms with Gasteiger partial charge in [-0.1, -0.05) is 61.4 Å². The standard InChI is InChI=1S/C31H36N2O4/c1-4-5-18-36-30-15-6-22(2)19-28(30)25-9-7-23(8-10-25)21-37-26-13-11-24(12-14-26)27(20-31(34)35)29-16-17-33(3)32-29/h6-15,19,27H,4-5,16-18,20-21H2,1-3H3,(H,34,35). The number of ether oxygens (including phenoxy) is 2. The molecule has 0 saturated heterocycles. The molecule has 0 amide bonds. The molecule has 3 aromatic rings. The Bertz CT molecular complexity index is 1220. The van der Waals surface area contributed by atoms with Crippen molar-refractivity contribution < 1.29 is 19.4 Å². The van der Waals surface area contributed by atoms with E-state index in [1.807, 2.05) is 36.3 Å². The first-order chi connectivity index (χ1) is 17.9. The highest BCUT2D eigenvalue weighted by Gasteiger charge is 2.25. The maximum Gasteiger partial charge on any atom is 0.304 e. The summed E-state index contributed by atoms with van der Waals surface area (Å²) >= 11 is 0. The Morgan fingerprint density at radius 3 is 2.46 bits per heavy atom. The van der Waals surface area contributed by atoms with Crippen LogP contribution in [-0.4, -0.2) is 42.0 Å². The lowest BCUT2D eigenvalue weighted by atomic mass is 9.89. The maximum atomic E-state index is 11.5. The molecule has 1 unspecified atom stereocenters. The van der Waals surface area contributed by atoms with Crippen LogP contribution in [0.1, 0.15) is 55.2 Å². The first kappa shape index (κ1) is 26.3. The summed E-state index contributed by atoms with van der Waals surface area (Å²) in [5.41, 5.74) is 6.36. The predicted octanol–water partition coefficient (Wildman–Crippen LogP) is 6.67. The first-order valence-electron chi connectivity index (χ1n) is 13.0. The highest BCUT2D eigenvalue weighted by molar-refractivity contribution is 5.94.